The number of amides is 2. The SMILES string of the molecule is CCCc1nc(C(=O)N2CCNC(=O)CC2)n[nH]1. The number of carbonyl (C=O) groups is 2. The fourth-order valence-corrected chi connectivity index (χ4v) is 1.85. The number of rotatable bonds is 3. The second kappa shape index (κ2) is 5.61. The van der Waals surface area contributed by atoms with Crippen LogP contribution in [0.25, 0.3) is 0 Å². The second-order valence-electron chi connectivity index (χ2n) is 4.25. The van der Waals surface area contributed by atoms with Crippen molar-refractivity contribution in [1.29, 1.82) is 0 Å². The highest BCUT2D eigenvalue weighted by Crippen LogP contribution is 2.04. The van der Waals surface area contributed by atoms with E-state index in [2.05, 4.69) is 20.5 Å². The van der Waals surface area contributed by atoms with Crippen molar-refractivity contribution in [3.63, 3.8) is 0 Å². The summed E-state index contributed by atoms with van der Waals surface area (Å²) in [5, 5.41) is 9.41. The highest BCUT2D eigenvalue weighted by molar-refractivity contribution is 5.91. The minimum atomic E-state index is -0.217. The third kappa shape index (κ3) is 2.85. The van der Waals surface area contributed by atoms with Gasteiger partial charge in [-0.3, -0.25) is 14.7 Å². The van der Waals surface area contributed by atoms with Crippen molar-refractivity contribution in [2.24, 2.45) is 0 Å². The molecule has 18 heavy (non-hydrogen) atoms. The van der Waals surface area contributed by atoms with Crippen LogP contribution in [0, 0.1) is 0 Å². The molecule has 0 radical (unpaired) electrons. The van der Waals surface area contributed by atoms with Gasteiger partial charge in [0.25, 0.3) is 5.91 Å². The van der Waals surface area contributed by atoms with Gasteiger partial charge in [-0.1, -0.05) is 6.92 Å². The lowest BCUT2D eigenvalue weighted by Crippen LogP contribution is -2.34. The predicted octanol–water partition coefficient (Wildman–Crippen LogP) is -0.281. The molecule has 2 amide bonds. The Labute approximate surface area is 105 Å². The lowest BCUT2D eigenvalue weighted by atomic mass is 10.3. The Morgan fingerprint density at radius 1 is 1.44 bits per heavy atom. The van der Waals surface area contributed by atoms with Crippen LogP contribution in [0.3, 0.4) is 0 Å². The number of carbonyl (C=O) groups excluding carboxylic acids is 2. The summed E-state index contributed by atoms with van der Waals surface area (Å²) in [6, 6.07) is 0. The van der Waals surface area contributed by atoms with Gasteiger partial charge in [0, 0.05) is 32.5 Å². The highest BCUT2D eigenvalue weighted by atomic mass is 16.2. The zero-order valence-electron chi connectivity index (χ0n) is 10.4. The van der Waals surface area contributed by atoms with E-state index in [4.69, 9.17) is 0 Å². The van der Waals surface area contributed by atoms with Crippen molar-refractivity contribution in [2.75, 3.05) is 19.6 Å². The first kappa shape index (κ1) is 12.5. The number of aromatic amines is 1. The molecule has 0 unspecified atom stereocenters. The molecule has 2 heterocycles. The topological polar surface area (TPSA) is 91.0 Å². The van der Waals surface area contributed by atoms with E-state index in [1.807, 2.05) is 6.92 Å². The van der Waals surface area contributed by atoms with Gasteiger partial charge in [0.15, 0.2) is 0 Å². The molecule has 0 aliphatic carbocycles. The number of nitrogens with zero attached hydrogens (tertiary/aromatic N) is 3. The van der Waals surface area contributed by atoms with E-state index in [1.165, 1.54) is 0 Å². The molecule has 1 aliphatic rings. The van der Waals surface area contributed by atoms with Crippen molar-refractivity contribution in [1.82, 2.24) is 25.4 Å². The average Bonchev–Trinajstić information content (AvgIpc) is 2.71. The van der Waals surface area contributed by atoms with E-state index >= 15 is 0 Å². The number of hydrogen-bond donors (Lipinski definition) is 2. The largest absolute Gasteiger partial charge is 0.354 e. The summed E-state index contributed by atoms with van der Waals surface area (Å²) in [6.07, 6.45) is 2.06. The summed E-state index contributed by atoms with van der Waals surface area (Å²) < 4.78 is 0. The smallest absolute Gasteiger partial charge is 0.293 e. The Kier molecular flexibility index (Phi) is 3.91. The van der Waals surface area contributed by atoms with E-state index in [1.54, 1.807) is 4.90 Å². The van der Waals surface area contributed by atoms with Gasteiger partial charge in [0.2, 0.25) is 11.7 Å². The number of H-pyrrole nitrogens is 1. The highest BCUT2D eigenvalue weighted by Gasteiger charge is 2.22. The molecular formula is C11H17N5O2. The van der Waals surface area contributed by atoms with E-state index in [0.29, 0.717) is 26.1 Å². The van der Waals surface area contributed by atoms with Crippen LogP contribution in [-0.4, -0.2) is 51.5 Å². The Hall–Kier alpha value is -1.92. The summed E-state index contributed by atoms with van der Waals surface area (Å²) in [5.74, 6) is 0.676. The molecule has 0 bridgehead atoms. The van der Waals surface area contributed by atoms with Crippen molar-refractivity contribution in [2.45, 2.75) is 26.2 Å². The molecule has 98 valence electrons. The first-order valence-corrected chi connectivity index (χ1v) is 6.18. The minimum Gasteiger partial charge on any atom is -0.354 e. The maximum atomic E-state index is 12.1. The van der Waals surface area contributed by atoms with Crippen LogP contribution in [0.15, 0.2) is 0 Å². The second-order valence-corrected chi connectivity index (χ2v) is 4.25. The van der Waals surface area contributed by atoms with E-state index in [-0.39, 0.29) is 17.6 Å². The molecule has 1 aliphatic heterocycles. The van der Waals surface area contributed by atoms with E-state index in [9.17, 15) is 9.59 Å². The Morgan fingerprint density at radius 3 is 3.06 bits per heavy atom. The monoisotopic (exact) mass is 251 g/mol. The molecule has 2 rings (SSSR count). The lowest BCUT2D eigenvalue weighted by molar-refractivity contribution is -0.120. The minimum absolute atomic E-state index is 0.0213. The van der Waals surface area contributed by atoms with Crippen LogP contribution >= 0.6 is 0 Å². The Balaban J connectivity index is 2.02. The first-order chi connectivity index (χ1) is 8.70. The van der Waals surface area contributed by atoms with Gasteiger partial charge in [-0.25, -0.2) is 4.98 Å². The van der Waals surface area contributed by atoms with Gasteiger partial charge in [-0.15, -0.1) is 5.10 Å². The number of nitrogens with one attached hydrogen (secondary N) is 2. The molecule has 0 atom stereocenters. The normalized spacial score (nSPS) is 16.3. The summed E-state index contributed by atoms with van der Waals surface area (Å²) >= 11 is 0. The van der Waals surface area contributed by atoms with Gasteiger partial charge in [-0.05, 0) is 6.42 Å². The maximum absolute atomic E-state index is 12.1. The van der Waals surface area contributed by atoms with Crippen LogP contribution in [0.1, 0.15) is 36.2 Å². The molecule has 1 fully saturated rings. The molecule has 1 aromatic rings. The Bertz CT molecular complexity index is 442. The molecule has 7 heteroatoms. The first-order valence-electron chi connectivity index (χ1n) is 6.18. The molecule has 0 spiro atoms. The number of hydrogen-bond acceptors (Lipinski definition) is 4. The van der Waals surface area contributed by atoms with Crippen LogP contribution in [0.5, 0.6) is 0 Å². The summed E-state index contributed by atoms with van der Waals surface area (Å²) in [7, 11) is 0. The van der Waals surface area contributed by atoms with Crippen molar-refractivity contribution in [3.05, 3.63) is 11.6 Å². The van der Waals surface area contributed by atoms with Crippen molar-refractivity contribution < 1.29 is 9.59 Å². The quantitative estimate of drug-likeness (QED) is 0.773. The fourth-order valence-electron chi connectivity index (χ4n) is 1.85. The van der Waals surface area contributed by atoms with Crippen LogP contribution in [-0.2, 0) is 11.2 Å². The zero-order valence-corrected chi connectivity index (χ0v) is 10.4. The van der Waals surface area contributed by atoms with Crippen LogP contribution in [0.2, 0.25) is 0 Å². The maximum Gasteiger partial charge on any atom is 0.293 e. The lowest BCUT2D eigenvalue weighted by Gasteiger charge is -2.17. The van der Waals surface area contributed by atoms with E-state index in [0.717, 1.165) is 18.7 Å². The number of aromatic nitrogens is 3. The molecule has 7 nitrogen and oxygen atoms in total. The third-order valence-electron chi connectivity index (χ3n) is 2.81. The third-order valence-corrected chi connectivity index (χ3v) is 2.81. The van der Waals surface area contributed by atoms with Crippen LogP contribution in [0.4, 0.5) is 0 Å². The molecule has 0 aromatic carbocycles. The summed E-state index contributed by atoms with van der Waals surface area (Å²) in [5.41, 5.74) is 0. The number of aryl methyl sites for hydroxylation is 1. The average molecular weight is 251 g/mol. The molecule has 2 N–H and O–H groups in total. The van der Waals surface area contributed by atoms with Gasteiger partial charge in [0.05, 0.1) is 0 Å². The summed E-state index contributed by atoms with van der Waals surface area (Å²) in [4.78, 5) is 29.1. The molecule has 1 aromatic heterocycles. The zero-order chi connectivity index (χ0) is 13.0. The van der Waals surface area contributed by atoms with Gasteiger partial charge >= 0.3 is 0 Å². The molecule has 1 saturated heterocycles. The molecular weight excluding hydrogens is 234 g/mol. The van der Waals surface area contributed by atoms with Crippen molar-refractivity contribution >= 4 is 11.8 Å². The van der Waals surface area contributed by atoms with Gasteiger partial charge in [0.1, 0.15) is 5.82 Å². The predicted molar refractivity (Wildman–Crippen MR) is 63.9 cm³/mol. The summed E-state index contributed by atoms with van der Waals surface area (Å²) in [6.45, 7) is 3.44. The Morgan fingerprint density at radius 2 is 2.28 bits per heavy atom. The van der Waals surface area contributed by atoms with E-state index < -0.39 is 0 Å². The molecule has 0 saturated carbocycles. The van der Waals surface area contributed by atoms with Gasteiger partial charge < -0.3 is 10.2 Å². The van der Waals surface area contributed by atoms with Crippen LogP contribution < -0.4 is 5.32 Å². The fraction of sp³-hybridized carbons (Fsp3) is 0.636. The standard InChI is InChI=1S/C11H17N5O2/c1-2-3-8-13-10(15-14-8)11(18)16-6-4-9(17)12-5-7-16/h2-7H2,1H3,(H,12,17)(H,13,14,15). The van der Waals surface area contributed by atoms with Gasteiger partial charge in [-0.2, -0.15) is 0 Å². The van der Waals surface area contributed by atoms with Crippen molar-refractivity contribution in [3.8, 4) is 0 Å².